The Balaban J connectivity index is 2.11. The van der Waals surface area contributed by atoms with Gasteiger partial charge in [-0.1, -0.05) is 18.2 Å². The SMILES string of the molecule is C=C(B1OC(C)(C)C(C)(C)O1)C1=CCCC1. The maximum Gasteiger partial charge on any atom is 0.494 e. The Morgan fingerprint density at radius 2 is 1.81 bits per heavy atom. The Hall–Kier alpha value is -0.535. The van der Waals surface area contributed by atoms with Crippen molar-refractivity contribution in [2.45, 2.75) is 58.2 Å². The standard InChI is InChI=1S/C13H21BO2/c1-10(11-8-6-7-9-11)14-15-12(2,3)13(4,5)16-14/h8H,1,6-7,9H2,2-5H3. The van der Waals surface area contributed by atoms with Crippen molar-refractivity contribution in [1.82, 2.24) is 0 Å². The largest absolute Gasteiger partial charge is 0.494 e. The van der Waals surface area contributed by atoms with Crippen molar-refractivity contribution in [1.29, 1.82) is 0 Å². The Kier molecular flexibility index (Phi) is 2.79. The van der Waals surface area contributed by atoms with Gasteiger partial charge in [-0.25, -0.2) is 0 Å². The second kappa shape index (κ2) is 3.74. The molecule has 2 nitrogen and oxygen atoms in total. The van der Waals surface area contributed by atoms with Gasteiger partial charge in [0.1, 0.15) is 0 Å². The first-order valence-corrected chi connectivity index (χ1v) is 6.07. The number of allylic oxidation sites excluding steroid dienone is 3. The van der Waals surface area contributed by atoms with Crippen molar-refractivity contribution in [3.05, 3.63) is 23.7 Å². The molecule has 0 aromatic carbocycles. The van der Waals surface area contributed by atoms with E-state index in [0.717, 1.165) is 18.3 Å². The van der Waals surface area contributed by atoms with Gasteiger partial charge in [0, 0.05) is 0 Å². The first-order valence-electron chi connectivity index (χ1n) is 6.07. The molecule has 0 atom stereocenters. The summed E-state index contributed by atoms with van der Waals surface area (Å²) in [6.45, 7) is 12.4. The van der Waals surface area contributed by atoms with Crippen molar-refractivity contribution in [3.63, 3.8) is 0 Å². The van der Waals surface area contributed by atoms with Gasteiger partial charge in [-0.15, -0.1) is 0 Å². The summed E-state index contributed by atoms with van der Waals surface area (Å²) < 4.78 is 12.0. The van der Waals surface area contributed by atoms with Crippen molar-refractivity contribution in [2.75, 3.05) is 0 Å². The second-order valence-electron chi connectivity index (χ2n) is 5.74. The van der Waals surface area contributed by atoms with Gasteiger partial charge in [0.2, 0.25) is 0 Å². The third kappa shape index (κ3) is 1.87. The predicted octanol–water partition coefficient (Wildman–Crippen LogP) is 3.28. The van der Waals surface area contributed by atoms with Crippen molar-refractivity contribution >= 4 is 7.12 Å². The lowest BCUT2D eigenvalue weighted by Gasteiger charge is -2.32. The monoisotopic (exact) mass is 220 g/mol. The van der Waals surface area contributed by atoms with Gasteiger partial charge in [-0.2, -0.15) is 0 Å². The Bertz CT molecular complexity index is 326. The van der Waals surface area contributed by atoms with Crippen LogP contribution in [0, 0.1) is 0 Å². The van der Waals surface area contributed by atoms with Gasteiger partial charge >= 0.3 is 7.12 Å². The Morgan fingerprint density at radius 3 is 2.25 bits per heavy atom. The maximum atomic E-state index is 5.98. The van der Waals surface area contributed by atoms with Crippen LogP contribution in [0.5, 0.6) is 0 Å². The molecule has 1 heterocycles. The summed E-state index contributed by atoms with van der Waals surface area (Å²) in [6.07, 6.45) is 5.76. The lowest BCUT2D eigenvalue weighted by atomic mass is 9.74. The van der Waals surface area contributed by atoms with Crippen LogP contribution < -0.4 is 0 Å². The van der Waals surface area contributed by atoms with Crippen LogP contribution in [0.3, 0.4) is 0 Å². The van der Waals surface area contributed by atoms with Crippen molar-refractivity contribution in [2.24, 2.45) is 0 Å². The van der Waals surface area contributed by atoms with Gasteiger partial charge in [0.25, 0.3) is 0 Å². The third-order valence-electron chi connectivity index (χ3n) is 3.99. The predicted molar refractivity (Wildman–Crippen MR) is 67.2 cm³/mol. The molecular weight excluding hydrogens is 199 g/mol. The van der Waals surface area contributed by atoms with Crippen LogP contribution in [0.4, 0.5) is 0 Å². The fraction of sp³-hybridized carbons (Fsp3) is 0.692. The van der Waals surface area contributed by atoms with E-state index in [-0.39, 0.29) is 18.3 Å². The van der Waals surface area contributed by atoms with Crippen LogP contribution in [-0.2, 0) is 9.31 Å². The molecule has 0 amide bonds. The molecule has 16 heavy (non-hydrogen) atoms. The summed E-state index contributed by atoms with van der Waals surface area (Å²) in [5.41, 5.74) is 1.80. The summed E-state index contributed by atoms with van der Waals surface area (Å²) in [4.78, 5) is 0. The van der Waals surface area contributed by atoms with Gasteiger partial charge in [-0.3, -0.25) is 0 Å². The summed E-state index contributed by atoms with van der Waals surface area (Å²) in [7, 11) is -0.269. The third-order valence-corrected chi connectivity index (χ3v) is 3.99. The molecule has 0 radical (unpaired) electrons. The highest BCUT2D eigenvalue weighted by Crippen LogP contribution is 2.40. The molecule has 1 saturated heterocycles. The number of hydrogen-bond donors (Lipinski definition) is 0. The normalized spacial score (nSPS) is 27.0. The first kappa shape index (κ1) is 11.9. The number of rotatable bonds is 2. The van der Waals surface area contributed by atoms with Crippen LogP contribution in [0.1, 0.15) is 47.0 Å². The van der Waals surface area contributed by atoms with Gasteiger partial charge in [0.05, 0.1) is 11.2 Å². The zero-order valence-electron chi connectivity index (χ0n) is 10.8. The number of hydrogen-bond acceptors (Lipinski definition) is 2. The van der Waals surface area contributed by atoms with Crippen LogP contribution in [0.2, 0.25) is 0 Å². The fourth-order valence-corrected chi connectivity index (χ4v) is 2.10. The van der Waals surface area contributed by atoms with E-state index < -0.39 is 0 Å². The lowest BCUT2D eigenvalue weighted by molar-refractivity contribution is 0.00578. The average Bonchev–Trinajstić information content (AvgIpc) is 2.72. The van der Waals surface area contributed by atoms with E-state index in [1.54, 1.807) is 0 Å². The van der Waals surface area contributed by atoms with Crippen LogP contribution in [0.25, 0.3) is 0 Å². The fourth-order valence-electron chi connectivity index (χ4n) is 2.10. The molecule has 0 spiro atoms. The highest BCUT2D eigenvalue weighted by molar-refractivity contribution is 6.55. The smallest absolute Gasteiger partial charge is 0.399 e. The molecule has 2 aliphatic rings. The summed E-state index contributed by atoms with van der Waals surface area (Å²) >= 11 is 0. The van der Waals surface area contributed by atoms with E-state index in [1.165, 1.54) is 12.0 Å². The average molecular weight is 220 g/mol. The zero-order valence-corrected chi connectivity index (χ0v) is 10.8. The molecular formula is C13H21BO2. The minimum Gasteiger partial charge on any atom is -0.399 e. The van der Waals surface area contributed by atoms with Crippen LogP contribution in [0.15, 0.2) is 23.7 Å². The minimum absolute atomic E-state index is 0.264. The Morgan fingerprint density at radius 1 is 1.25 bits per heavy atom. The minimum atomic E-state index is -0.269. The van der Waals surface area contributed by atoms with E-state index >= 15 is 0 Å². The van der Waals surface area contributed by atoms with Crippen molar-refractivity contribution in [3.8, 4) is 0 Å². The molecule has 2 rings (SSSR count). The molecule has 0 bridgehead atoms. The summed E-state index contributed by atoms with van der Waals surface area (Å²) in [5.74, 6) is 0. The highest BCUT2D eigenvalue weighted by atomic mass is 16.7. The van der Waals surface area contributed by atoms with E-state index in [0.29, 0.717) is 0 Å². The molecule has 88 valence electrons. The van der Waals surface area contributed by atoms with Gasteiger partial charge in [0.15, 0.2) is 0 Å². The quantitative estimate of drug-likeness (QED) is 0.665. The molecule has 3 heteroatoms. The zero-order chi connectivity index (χ0) is 12.0. The Labute approximate surface area is 98.8 Å². The van der Waals surface area contributed by atoms with Crippen LogP contribution >= 0.6 is 0 Å². The molecule has 0 unspecified atom stereocenters. The van der Waals surface area contributed by atoms with Crippen LogP contribution in [-0.4, -0.2) is 18.3 Å². The highest BCUT2D eigenvalue weighted by Gasteiger charge is 2.52. The molecule has 1 aliphatic heterocycles. The summed E-state index contributed by atoms with van der Waals surface area (Å²) in [5, 5.41) is 0. The molecule has 0 N–H and O–H groups in total. The van der Waals surface area contributed by atoms with E-state index in [2.05, 4.69) is 40.3 Å². The molecule has 0 aromatic heterocycles. The lowest BCUT2D eigenvalue weighted by Crippen LogP contribution is -2.41. The molecule has 0 aromatic rings. The molecule has 0 saturated carbocycles. The topological polar surface area (TPSA) is 18.5 Å². The maximum absolute atomic E-state index is 5.98. The van der Waals surface area contributed by atoms with E-state index in [4.69, 9.17) is 9.31 Å². The van der Waals surface area contributed by atoms with Gasteiger partial charge in [-0.05, 0) is 52.4 Å². The van der Waals surface area contributed by atoms with Crippen molar-refractivity contribution < 1.29 is 9.31 Å². The summed E-state index contributed by atoms with van der Waals surface area (Å²) in [6, 6.07) is 0. The first-order chi connectivity index (χ1) is 7.33. The van der Waals surface area contributed by atoms with E-state index in [1.807, 2.05) is 0 Å². The van der Waals surface area contributed by atoms with Gasteiger partial charge < -0.3 is 9.31 Å². The molecule has 1 aliphatic carbocycles. The second-order valence-corrected chi connectivity index (χ2v) is 5.74. The van der Waals surface area contributed by atoms with E-state index in [9.17, 15) is 0 Å². The molecule has 1 fully saturated rings.